The molecular weight excluding hydrogens is 356 g/mol. The number of amides is 1. The first kappa shape index (κ1) is 18.3. The molecule has 1 saturated carbocycles. The summed E-state index contributed by atoms with van der Waals surface area (Å²) in [6.07, 6.45) is 1.98. The number of halogens is 1. The lowest BCUT2D eigenvalue weighted by molar-refractivity contribution is 0.0236. The lowest BCUT2D eigenvalue weighted by Gasteiger charge is -2.27. The highest BCUT2D eigenvalue weighted by atomic mass is 79.9. The van der Waals surface area contributed by atoms with Crippen LogP contribution in [0.4, 0.5) is 4.79 Å². The molecule has 128 valence electrons. The molecule has 1 fully saturated rings. The van der Waals surface area contributed by atoms with E-state index in [1.807, 2.05) is 25.7 Å². The van der Waals surface area contributed by atoms with Crippen LogP contribution in [0.3, 0.4) is 0 Å². The van der Waals surface area contributed by atoms with E-state index in [1.165, 1.54) is 11.1 Å². The lowest BCUT2D eigenvalue weighted by atomic mass is 10.1. The molecule has 23 heavy (non-hydrogen) atoms. The van der Waals surface area contributed by atoms with E-state index in [1.54, 1.807) is 0 Å². The van der Waals surface area contributed by atoms with Gasteiger partial charge in [0.15, 0.2) is 0 Å². The van der Waals surface area contributed by atoms with Crippen LogP contribution in [0.2, 0.25) is 0 Å². The van der Waals surface area contributed by atoms with Gasteiger partial charge in [-0.2, -0.15) is 0 Å². The van der Waals surface area contributed by atoms with Gasteiger partial charge in [0.05, 0.1) is 0 Å². The highest BCUT2D eigenvalue weighted by molar-refractivity contribution is 9.10. The third-order valence-corrected chi connectivity index (χ3v) is 4.56. The lowest BCUT2D eigenvalue weighted by Crippen LogP contribution is -2.41. The fraction of sp³-hybridized carbons (Fsp3) is 0.611. The fourth-order valence-electron chi connectivity index (χ4n) is 2.31. The maximum Gasteiger partial charge on any atom is 0.410 e. The van der Waals surface area contributed by atoms with Crippen LogP contribution in [0, 0.1) is 6.92 Å². The molecule has 0 saturated heterocycles. The number of carbonyl (C=O) groups excluding carboxylic acids is 1. The van der Waals surface area contributed by atoms with E-state index in [0.717, 1.165) is 30.4 Å². The van der Waals surface area contributed by atoms with E-state index in [2.05, 4.69) is 46.4 Å². The maximum atomic E-state index is 12.3. The highest BCUT2D eigenvalue weighted by Gasteiger charge is 2.34. The smallest absolute Gasteiger partial charge is 0.410 e. The fourth-order valence-corrected chi connectivity index (χ4v) is 2.73. The Bertz CT molecular complexity index is 550. The summed E-state index contributed by atoms with van der Waals surface area (Å²) in [4.78, 5) is 14.1. The largest absolute Gasteiger partial charge is 0.444 e. The summed E-state index contributed by atoms with van der Waals surface area (Å²) >= 11 is 3.56. The van der Waals surface area contributed by atoms with E-state index >= 15 is 0 Å². The zero-order valence-electron chi connectivity index (χ0n) is 14.5. The minimum atomic E-state index is -0.439. The highest BCUT2D eigenvalue weighted by Crippen LogP contribution is 2.28. The van der Waals surface area contributed by atoms with Crippen LogP contribution in [0.5, 0.6) is 0 Å². The van der Waals surface area contributed by atoms with Gasteiger partial charge >= 0.3 is 6.09 Å². The molecule has 1 amide bonds. The SMILES string of the molecule is Cc1ccc(CNCCN(C(=O)OC(C)(C)C)C2CC2)cc1Br. The number of aryl methyl sites for hydroxylation is 1. The molecule has 0 aliphatic heterocycles. The summed E-state index contributed by atoms with van der Waals surface area (Å²) in [5.74, 6) is 0. The van der Waals surface area contributed by atoms with Crippen molar-refractivity contribution < 1.29 is 9.53 Å². The molecule has 5 heteroatoms. The maximum absolute atomic E-state index is 12.3. The third-order valence-electron chi connectivity index (χ3n) is 3.71. The number of ether oxygens (including phenoxy) is 1. The van der Waals surface area contributed by atoms with Crippen molar-refractivity contribution in [1.82, 2.24) is 10.2 Å². The van der Waals surface area contributed by atoms with Gasteiger partial charge in [0.2, 0.25) is 0 Å². The predicted molar refractivity (Wildman–Crippen MR) is 96.5 cm³/mol. The Hall–Kier alpha value is -1.07. The topological polar surface area (TPSA) is 41.6 Å². The van der Waals surface area contributed by atoms with E-state index in [4.69, 9.17) is 4.74 Å². The van der Waals surface area contributed by atoms with Gasteiger partial charge in [-0.3, -0.25) is 0 Å². The number of hydrogen-bond donors (Lipinski definition) is 1. The van der Waals surface area contributed by atoms with E-state index in [0.29, 0.717) is 12.6 Å². The molecule has 0 bridgehead atoms. The summed E-state index contributed by atoms with van der Waals surface area (Å²) < 4.78 is 6.63. The van der Waals surface area contributed by atoms with Crippen molar-refractivity contribution in [2.45, 2.75) is 58.7 Å². The summed E-state index contributed by atoms with van der Waals surface area (Å²) in [6, 6.07) is 6.73. The summed E-state index contributed by atoms with van der Waals surface area (Å²) in [6.45, 7) is 10.0. The van der Waals surface area contributed by atoms with Crippen LogP contribution in [0.15, 0.2) is 22.7 Å². The Morgan fingerprint density at radius 1 is 1.39 bits per heavy atom. The van der Waals surface area contributed by atoms with Gasteiger partial charge in [-0.1, -0.05) is 28.1 Å². The molecule has 0 spiro atoms. The predicted octanol–water partition coefficient (Wildman–Crippen LogP) is 4.25. The number of benzene rings is 1. The number of rotatable bonds is 6. The van der Waals surface area contributed by atoms with Crippen LogP contribution < -0.4 is 5.32 Å². The molecule has 1 aromatic carbocycles. The zero-order valence-corrected chi connectivity index (χ0v) is 16.1. The van der Waals surface area contributed by atoms with Crippen LogP contribution in [-0.2, 0) is 11.3 Å². The van der Waals surface area contributed by atoms with E-state index in [-0.39, 0.29) is 6.09 Å². The van der Waals surface area contributed by atoms with Gasteiger partial charge in [0, 0.05) is 30.1 Å². The standard InChI is InChI=1S/C18H27BrN2O2/c1-13-5-6-14(11-16(13)19)12-20-9-10-21(15-7-8-15)17(22)23-18(2,3)4/h5-6,11,15,20H,7-10,12H2,1-4H3. The van der Waals surface area contributed by atoms with Crippen molar-refractivity contribution in [3.05, 3.63) is 33.8 Å². The zero-order chi connectivity index (χ0) is 17.0. The molecule has 0 atom stereocenters. The molecule has 4 nitrogen and oxygen atoms in total. The second-order valence-corrected chi connectivity index (χ2v) is 8.02. The molecule has 0 radical (unpaired) electrons. The Balaban J connectivity index is 1.78. The first-order chi connectivity index (χ1) is 10.8. The summed E-state index contributed by atoms with van der Waals surface area (Å²) in [5.41, 5.74) is 2.03. The Labute approximate surface area is 147 Å². The first-order valence-electron chi connectivity index (χ1n) is 8.21. The van der Waals surface area contributed by atoms with Gasteiger partial charge in [-0.25, -0.2) is 4.79 Å². The van der Waals surface area contributed by atoms with Gasteiger partial charge < -0.3 is 15.0 Å². The van der Waals surface area contributed by atoms with Crippen LogP contribution in [0.25, 0.3) is 0 Å². The average molecular weight is 383 g/mol. The first-order valence-corrected chi connectivity index (χ1v) is 9.01. The second-order valence-electron chi connectivity index (χ2n) is 7.17. The van der Waals surface area contributed by atoms with Gasteiger partial charge in [0.25, 0.3) is 0 Å². The molecule has 1 N–H and O–H groups in total. The van der Waals surface area contributed by atoms with Crippen molar-refractivity contribution in [2.24, 2.45) is 0 Å². The van der Waals surface area contributed by atoms with Gasteiger partial charge in [-0.05, 0) is 57.7 Å². The quantitative estimate of drug-likeness (QED) is 0.747. The van der Waals surface area contributed by atoms with Crippen LogP contribution >= 0.6 is 15.9 Å². The number of hydrogen-bond acceptors (Lipinski definition) is 3. The second kappa shape index (κ2) is 7.67. The molecule has 1 aliphatic rings. The van der Waals surface area contributed by atoms with Crippen molar-refractivity contribution in [2.75, 3.05) is 13.1 Å². The normalized spacial score (nSPS) is 14.7. The van der Waals surface area contributed by atoms with Crippen LogP contribution in [-0.4, -0.2) is 35.7 Å². The van der Waals surface area contributed by atoms with Crippen molar-refractivity contribution in [1.29, 1.82) is 0 Å². The molecular formula is C18H27BrN2O2. The minimum Gasteiger partial charge on any atom is -0.444 e. The van der Waals surface area contributed by atoms with Crippen molar-refractivity contribution >= 4 is 22.0 Å². The molecule has 2 rings (SSSR count). The Morgan fingerprint density at radius 2 is 2.09 bits per heavy atom. The molecule has 0 heterocycles. The van der Waals surface area contributed by atoms with E-state index < -0.39 is 5.60 Å². The Kier molecular flexibility index (Phi) is 6.09. The van der Waals surface area contributed by atoms with Crippen molar-refractivity contribution in [3.63, 3.8) is 0 Å². The average Bonchev–Trinajstić information content (AvgIpc) is 3.25. The molecule has 0 unspecified atom stereocenters. The molecule has 0 aromatic heterocycles. The monoisotopic (exact) mass is 382 g/mol. The Morgan fingerprint density at radius 3 is 2.65 bits per heavy atom. The van der Waals surface area contributed by atoms with Gasteiger partial charge in [0.1, 0.15) is 5.60 Å². The number of carbonyl (C=O) groups is 1. The number of nitrogens with zero attached hydrogens (tertiary/aromatic N) is 1. The summed E-state index contributed by atoms with van der Waals surface area (Å²) in [7, 11) is 0. The van der Waals surface area contributed by atoms with Crippen molar-refractivity contribution in [3.8, 4) is 0 Å². The van der Waals surface area contributed by atoms with Gasteiger partial charge in [-0.15, -0.1) is 0 Å². The van der Waals surface area contributed by atoms with E-state index in [9.17, 15) is 4.79 Å². The third kappa shape index (κ3) is 6.15. The summed E-state index contributed by atoms with van der Waals surface area (Å²) in [5, 5.41) is 3.41. The molecule has 1 aromatic rings. The molecule has 1 aliphatic carbocycles. The number of nitrogens with one attached hydrogen (secondary N) is 1. The van der Waals surface area contributed by atoms with Crippen LogP contribution in [0.1, 0.15) is 44.7 Å². The minimum absolute atomic E-state index is 0.195.